The number of hydrogen-bond donors (Lipinski definition) is 1. The predicted octanol–water partition coefficient (Wildman–Crippen LogP) is 4.47. The van der Waals surface area contributed by atoms with E-state index < -0.39 is 0 Å². The summed E-state index contributed by atoms with van der Waals surface area (Å²) in [5.74, 6) is 1.85. The fraction of sp³-hybridized carbons (Fsp3) is 0.429. The van der Waals surface area contributed by atoms with Crippen LogP contribution in [0.3, 0.4) is 0 Å². The average Bonchev–Trinajstić information content (AvgIpc) is 2.59. The van der Waals surface area contributed by atoms with Crippen molar-refractivity contribution in [2.75, 3.05) is 20.3 Å². The van der Waals surface area contributed by atoms with Gasteiger partial charge >= 0.3 is 0 Å². The molecule has 130 valence electrons. The van der Waals surface area contributed by atoms with E-state index >= 15 is 0 Å². The topological polar surface area (TPSA) is 30.5 Å². The molecule has 0 radical (unpaired) electrons. The van der Waals surface area contributed by atoms with Gasteiger partial charge < -0.3 is 14.8 Å². The standard InChI is InChI=1S/C21H29NO2/c1-21(2,17-18-11-13-19(23-3)14-12-18)22-15-7-8-16-24-20-9-5-4-6-10-20/h4-6,9-14,22H,7-8,15-17H2,1-3H3. The highest BCUT2D eigenvalue weighted by molar-refractivity contribution is 5.28. The number of benzene rings is 2. The lowest BCUT2D eigenvalue weighted by Crippen LogP contribution is -2.41. The molecule has 3 nitrogen and oxygen atoms in total. The molecule has 0 atom stereocenters. The highest BCUT2D eigenvalue weighted by Crippen LogP contribution is 2.17. The number of methoxy groups -OCH3 is 1. The molecule has 0 aromatic heterocycles. The Morgan fingerprint density at radius 2 is 1.58 bits per heavy atom. The molecule has 2 aromatic carbocycles. The van der Waals surface area contributed by atoms with Gasteiger partial charge in [-0.25, -0.2) is 0 Å². The molecule has 0 aliphatic carbocycles. The minimum atomic E-state index is 0.0782. The van der Waals surface area contributed by atoms with Gasteiger partial charge in [0.25, 0.3) is 0 Å². The third-order valence-corrected chi connectivity index (χ3v) is 3.99. The van der Waals surface area contributed by atoms with E-state index in [1.54, 1.807) is 7.11 Å². The van der Waals surface area contributed by atoms with E-state index in [1.807, 2.05) is 42.5 Å². The molecule has 0 amide bonds. The van der Waals surface area contributed by atoms with Crippen molar-refractivity contribution in [2.24, 2.45) is 0 Å². The summed E-state index contributed by atoms with van der Waals surface area (Å²) in [6.07, 6.45) is 3.16. The number of unbranched alkanes of at least 4 members (excludes halogenated alkanes) is 1. The second-order valence-corrected chi connectivity index (χ2v) is 6.70. The molecule has 2 rings (SSSR count). The van der Waals surface area contributed by atoms with Crippen LogP contribution in [-0.4, -0.2) is 25.8 Å². The minimum Gasteiger partial charge on any atom is -0.497 e. The Balaban J connectivity index is 1.63. The first kappa shape index (κ1) is 18.3. The number of rotatable bonds is 10. The van der Waals surface area contributed by atoms with Gasteiger partial charge in [0, 0.05) is 5.54 Å². The van der Waals surface area contributed by atoms with Crippen LogP contribution in [0.1, 0.15) is 32.3 Å². The predicted molar refractivity (Wildman–Crippen MR) is 100.0 cm³/mol. The SMILES string of the molecule is COc1ccc(CC(C)(C)NCCCCOc2ccccc2)cc1. The van der Waals surface area contributed by atoms with Gasteiger partial charge in [0.2, 0.25) is 0 Å². The van der Waals surface area contributed by atoms with Gasteiger partial charge in [0.15, 0.2) is 0 Å². The first-order valence-corrected chi connectivity index (χ1v) is 8.65. The molecule has 0 heterocycles. The van der Waals surface area contributed by atoms with Gasteiger partial charge in [-0.1, -0.05) is 30.3 Å². The van der Waals surface area contributed by atoms with E-state index in [2.05, 4.69) is 31.3 Å². The second kappa shape index (κ2) is 9.33. The Bertz CT molecular complexity index is 579. The largest absolute Gasteiger partial charge is 0.497 e. The summed E-state index contributed by atoms with van der Waals surface area (Å²) in [5, 5.41) is 3.65. The zero-order valence-corrected chi connectivity index (χ0v) is 15.0. The monoisotopic (exact) mass is 327 g/mol. The van der Waals surface area contributed by atoms with Gasteiger partial charge in [-0.05, 0) is 69.5 Å². The molecule has 1 N–H and O–H groups in total. The van der Waals surface area contributed by atoms with Gasteiger partial charge in [-0.15, -0.1) is 0 Å². The highest BCUT2D eigenvalue weighted by Gasteiger charge is 2.17. The van der Waals surface area contributed by atoms with Crippen LogP contribution in [0.2, 0.25) is 0 Å². The zero-order valence-electron chi connectivity index (χ0n) is 15.0. The summed E-state index contributed by atoms with van der Waals surface area (Å²) >= 11 is 0. The second-order valence-electron chi connectivity index (χ2n) is 6.70. The molecular weight excluding hydrogens is 298 g/mol. The van der Waals surface area contributed by atoms with E-state index in [9.17, 15) is 0 Å². The number of nitrogens with one attached hydrogen (secondary N) is 1. The van der Waals surface area contributed by atoms with E-state index in [0.29, 0.717) is 0 Å². The Morgan fingerprint density at radius 1 is 0.875 bits per heavy atom. The van der Waals surface area contributed by atoms with Gasteiger partial charge in [0.05, 0.1) is 13.7 Å². The molecule has 0 spiro atoms. The lowest BCUT2D eigenvalue weighted by atomic mass is 9.94. The van der Waals surface area contributed by atoms with Crippen molar-refractivity contribution in [2.45, 2.75) is 38.6 Å². The molecule has 2 aromatic rings. The van der Waals surface area contributed by atoms with Crippen LogP contribution in [-0.2, 0) is 6.42 Å². The number of hydrogen-bond acceptors (Lipinski definition) is 3. The first-order chi connectivity index (χ1) is 11.6. The number of para-hydroxylation sites is 1. The van der Waals surface area contributed by atoms with Crippen molar-refractivity contribution in [3.05, 3.63) is 60.2 Å². The maximum atomic E-state index is 5.72. The maximum Gasteiger partial charge on any atom is 0.119 e. The van der Waals surface area contributed by atoms with Crippen LogP contribution in [0.25, 0.3) is 0 Å². The molecule has 0 aliphatic heterocycles. The van der Waals surface area contributed by atoms with E-state index in [4.69, 9.17) is 9.47 Å². The molecule has 0 aliphatic rings. The summed E-state index contributed by atoms with van der Waals surface area (Å²) in [6.45, 7) is 6.27. The summed E-state index contributed by atoms with van der Waals surface area (Å²) in [5.41, 5.74) is 1.40. The average molecular weight is 327 g/mol. The summed E-state index contributed by atoms with van der Waals surface area (Å²) in [4.78, 5) is 0. The van der Waals surface area contributed by atoms with Crippen molar-refractivity contribution in [1.29, 1.82) is 0 Å². The fourth-order valence-electron chi connectivity index (χ4n) is 2.68. The fourth-order valence-corrected chi connectivity index (χ4v) is 2.68. The third-order valence-electron chi connectivity index (χ3n) is 3.99. The van der Waals surface area contributed by atoms with Crippen molar-refractivity contribution < 1.29 is 9.47 Å². The highest BCUT2D eigenvalue weighted by atomic mass is 16.5. The van der Waals surface area contributed by atoms with Crippen LogP contribution >= 0.6 is 0 Å². The quantitative estimate of drug-likeness (QED) is 0.653. The molecule has 0 saturated heterocycles. The molecule has 0 fully saturated rings. The van der Waals surface area contributed by atoms with Crippen LogP contribution in [0.15, 0.2) is 54.6 Å². The maximum absolute atomic E-state index is 5.72. The minimum absolute atomic E-state index is 0.0782. The summed E-state index contributed by atoms with van der Waals surface area (Å²) < 4.78 is 10.9. The van der Waals surface area contributed by atoms with Crippen LogP contribution in [0, 0.1) is 0 Å². The molecule has 3 heteroatoms. The summed E-state index contributed by atoms with van der Waals surface area (Å²) in [6, 6.07) is 18.3. The Hall–Kier alpha value is -2.00. The van der Waals surface area contributed by atoms with Crippen LogP contribution < -0.4 is 14.8 Å². The molecule has 0 unspecified atom stereocenters. The van der Waals surface area contributed by atoms with Crippen molar-refractivity contribution >= 4 is 0 Å². The zero-order chi connectivity index (χ0) is 17.3. The Kier molecular flexibility index (Phi) is 7.13. The number of ether oxygens (including phenoxy) is 2. The lowest BCUT2D eigenvalue weighted by molar-refractivity contribution is 0.299. The smallest absolute Gasteiger partial charge is 0.119 e. The normalized spacial score (nSPS) is 11.3. The molecular formula is C21H29NO2. The van der Waals surface area contributed by atoms with Crippen molar-refractivity contribution in [3.63, 3.8) is 0 Å². The lowest BCUT2D eigenvalue weighted by Gasteiger charge is -2.26. The molecule has 0 saturated carbocycles. The Morgan fingerprint density at radius 3 is 2.25 bits per heavy atom. The van der Waals surface area contributed by atoms with Gasteiger partial charge in [-0.3, -0.25) is 0 Å². The third kappa shape index (κ3) is 6.63. The van der Waals surface area contributed by atoms with Crippen LogP contribution in [0.4, 0.5) is 0 Å². The van der Waals surface area contributed by atoms with E-state index in [1.165, 1.54) is 5.56 Å². The van der Waals surface area contributed by atoms with Crippen molar-refractivity contribution in [1.82, 2.24) is 5.32 Å². The van der Waals surface area contributed by atoms with Gasteiger partial charge in [0.1, 0.15) is 11.5 Å². The van der Waals surface area contributed by atoms with Crippen LogP contribution in [0.5, 0.6) is 11.5 Å². The Labute approximate surface area is 146 Å². The first-order valence-electron chi connectivity index (χ1n) is 8.65. The van der Waals surface area contributed by atoms with E-state index in [-0.39, 0.29) is 5.54 Å². The van der Waals surface area contributed by atoms with E-state index in [0.717, 1.165) is 43.9 Å². The summed E-state index contributed by atoms with van der Waals surface area (Å²) in [7, 11) is 1.70. The molecule has 24 heavy (non-hydrogen) atoms. The molecule has 0 bridgehead atoms. The van der Waals surface area contributed by atoms with Crippen molar-refractivity contribution in [3.8, 4) is 11.5 Å². The van der Waals surface area contributed by atoms with Gasteiger partial charge in [-0.2, -0.15) is 0 Å².